The minimum atomic E-state index is -0.258. The SMILES string of the molecule is CCN(C(=O)[C@@H]1CCN(CC(=O)N2CCC(c3ncc(-c4ncn(C)n4)s3)CC2)C1)c1ccc(N)c(C(=N)c2ccc(OC(C)C)nc2)n1. The summed E-state index contributed by atoms with van der Waals surface area (Å²) in [5, 5.41) is 14.2. The molecular formula is C34H43N11O3S. The fourth-order valence-corrected chi connectivity index (χ4v) is 7.34. The molecule has 0 spiro atoms. The fraction of sp³-hybridized carbons (Fsp3) is 0.471. The Kier molecular flexibility index (Phi) is 10.3. The van der Waals surface area contributed by atoms with E-state index in [0.717, 1.165) is 22.7 Å². The van der Waals surface area contributed by atoms with Crippen LogP contribution in [0.3, 0.4) is 0 Å². The number of ether oxygens (including phenoxy) is 1. The molecule has 0 saturated carbocycles. The van der Waals surface area contributed by atoms with Crippen LogP contribution in [0.4, 0.5) is 11.5 Å². The first-order valence-corrected chi connectivity index (χ1v) is 17.5. The lowest BCUT2D eigenvalue weighted by Gasteiger charge is -2.32. The molecule has 0 aliphatic carbocycles. The van der Waals surface area contributed by atoms with E-state index in [0.29, 0.717) is 80.4 Å². The third kappa shape index (κ3) is 7.78. The summed E-state index contributed by atoms with van der Waals surface area (Å²) in [4.78, 5) is 51.6. The van der Waals surface area contributed by atoms with Gasteiger partial charge in [0.25, 0.3) is 0 Å². The Morgan fingerprint density at radius 3 is 2.55 bits per heavy atom. The van der Waals surface area contributed by atoms with Gasteiger partial charge in [-0.1, -0.05) is 0 Å². The minimum absolute atomic E-state index is 0.0129. The Balaban J connectivity index is 1.02. The number of likely N-dealkylation sites (tertiary alicyclic amines) is 2. The zero-order valence-electron chi connectivity index (χ0n) is 28.4. The number of hydrogen-bond acceptors (Lipinski definition) is 12. The molecule has 2 fully saturated rings. The predicted octanol–water partition coefficient (Wildman–Crippen LogP) is 3.60. The van der Waals surface area contributed by atoms with Gasteiger partial charge in [0.05, 0.1) is 39.9 Å². The van der Waals surface area contributed by atoms with Crippen molar-refractivity contribution in [2.24, 2.45) is 13.0 Å². The van der Waals surface area contributed by atoms with Gasteiger partial charge < -0.3 is 15.4 Å². The van der Waals surface area contributed by atoms with Crippen LogP contribution in [0.5, 0.6) is 5.88 Å². The first-order chi connectivity index (χ1) is 23.6. The van der Waals surface area contributed by atoms with Gasteiger partial charge in [-0.05, 0) is 64.8 Å². The number of aryl methyl sites for hydroxylation is 1. The number of piperidine rings is 1. The summed E-state index contributed by atoms with van der Waals surface area (Å²) in [6.45, 7) is 9.01. The second-order valence-corrected chi connectivity index (χ2v) is 13.9. The highest BCUT2D eigenvalue weighted by Gasteiger charge is 2.34. The molecule has 0 aromatic carbocycles. The number of nitrogen functional groups attached to an aromatic ring is 1. The number of carbonyl (C=O) groups excluding carboxylic acids is 2. The average molecular weight is 686 g/mol. The molecule has 2 aliphatic heterocycles. The lowest BCUT2D eigenvalue weighted by molar-refractivity contribution is -0.133. The van der Waals surface area contributed by atoms with Crippen LogP contribution in [0.15, 0.2) is 43.0 Å². The van der Waals surface area contributed by atoms with Gasteiger partial charge >= 0.3 is 0 Å². The van der Waals surface area contributed by atoms with Gasteiger partial charge in [0.1, 0.15) is 17.8 Å². The topological polar surface area (TPSA) is 172 Å². The van der Waals surface area contributed by atoms with E-state index in [2.05, 4.69) is 29.9 Å². The first-order valence-electron chi connectivity index (χ1n) is 16.7. The smallest absolute Gasteiger partial charge is 0.236 e. The lowest BCUT2D eigenvalue weighted by Crippen LogP contribution is -2.44. The number of nitrogens with two attached hydrogens (primary N) is 1. The fourth-order valence-electron chi connectivity index (χ4n) is 6.31. The summed E-state index contributed by atoms with van der Waals surface area (Å²) in [6.07, 6.45) is 7.46. The zero-order valence-corrected chi connectivity index (χ0v) is 29.2. The third-order valence-electron chi connectivity index (χ3n) is 8.91. The maximum absolute atomic E-state index is 13.8. The number of nitrogens with zero attached hydrogens (tertiary/aromatic N) is 9. The summed E-state index contributed by atoms with van der Waals surface area (Å²) < 4.78 is 7.30. The molecule has 2 aliphatic rings. The summed E-state index contributed by atoms with van der Waals surface area (Å²) in [5.74, 6) is 1.70. The molecule has 49 heavy (non-hydrogen) atoms. The Morgan fingerprint density at radius 2 is 1.88 bits per heavy atom. The van der Waals surface area contributed by atoms with Crippen LogP contribution in [-0.4, -0.2) is 102 Å². The van der Waals surface area contributed by atoms with Crippen LogP contribution in [0, 0.1) is 11.3 Å². The molecule has 6 heterocycles. The number of carbonyl (C=O) groups is 2. The molecule has 6 rings (SSSR count). The highest BCUT2D eigenvalue weighted by molar-refractivity contribution is 7.15. The van der Waals surface area contributed by atoms with Crippen molar-refractivity contribution in [3.8, 4) is 16.6 Å². The van der Waals surface area contributed by atoms with E-state index in [-0.39, 0.29) is 35.2 Å². The van der Waals surface area contributed by atoms with Crippen molar-refractivity contribution >= 4 is 40.4 Å². The number of pyridine rings is 2. The van der Waals surface area contributed by atoms with E-state index in [1.807, 2.05) is 38.9 Å². The monoisotopic (exact) mass is 685 g/mol. The molecule has 3 N–H and O–H groups in total. The van der Waals surface area contributed by atoms with Crippen molar-refractivity contribution in [2.45, 2.75) is 52.1 Å². The van der Waals surface area contributed by atoms with E-state index in [9.17, 15) is 9.59 Å². The van der Waals surface area contributed by atoms with Crippen molar-refractivity contribution in [3.05, 3.63) is 59.3 Å². The number of thiazole rings is 1. The average Bonchev–Trinajstić information content (AvgIpc) is 3.87. The Labute approximate surface area is 289 Å². The summed E-state index contributed by atoms with van der Waals surface area (Å²) in [5.41, 5.74) is 7.52. The van der Waals surface area contributed by atoms with E-state index < -0.39 is 0 Å². The molecule has 15 heteroatoms. The standard InChI is InChI=1S/C34H43N11O3S/c1-5-45(27-8-7-25(35)31(40-27)30(36)23-6-9-28(37-16-23)48-21(2)3)34(47)24-10-13-43(18-24)19-29(46)44-14-11-22(12-15-44)33-38-17-26(49-33)32-39-20-42(4)41-32/h6-9,16-17,20-22,24,36H,5,10-15,18-19,35H2,1-4H3/t24-/m1/s1. The molecule has 2 saturated heterocycles. The van der Waals surface area contributed by atoms with Crippen LogP contribution < -0.4 is 15.4 Å². The summed E-state index contributed by atoms with van der Waals surface area (Å²) in [7, 11) is 1.85. The molecule has 0 unspecified atom stereocenters. The molecule has 258 valence electrons. The lowest BCUT2D eigenvalue weighted by atomic mass is 9.97. The molecular weight excluding hydrogens is 643 g/mol. The van der Waals surface area contributed by atoms with Gasteiger partial charge in [-0.3, -0.25) is 29.5 Å². The van der Waals surface area contributed by atoms with Crippen molar-refractivity contribution < 1.29 is 14.3 Å². The van der Waals surface area contributed by atoms with Gasteiger partial charge in [0.2, 0.25) is 17.7 Å². The number of anilines is 2. The van der Waals surface area contributed by atoms with Crippen LogP contribution in [0.2, 0.25) is 0 Å². The van der Waals surface area contributed by atoms with Crippen LogP contribution in [-0.2, 0) is 16.6 Å². The summed E-state index contributed by atoms with van der Waals surface area (Å²) >= 11 is 1.63. The van der Waals surface area contributed by atoms with Gasteiger partial charge in [-0.2, -0.15) is 5.10 Å². The van der Waals surface area contributed by atoms with Gasteiger partial charge in [0.15, 0.2) is 5.82 Å². The maximum atomic E-state index is 13.8. The van der Waals surface area contributed by atoms with Gasteiger partial charge in [-0.25, -0.2) is 19.9 Å². The second kappa shape index (κ2) is 14.8. The Bertz CT molecular complexity index is 1800. The number of aromatic nitrogens is 6. The van der Waals surface area contributed by atoms with Crippen molar-refractivity contribution in [2.75, 3.05) is 49.9 Å². The Hall–Kier alpha value is -4.76. The highest BCUT2D eigenvalue weighted by atomic mass is 32.1. The molecule has 4 aromatic rings. The quantitative estimate of drug-likeness (QED) is 0.222. The van der Waals surface area contributed by atoms with Crippen molar-refractivity contribution in [1.29, 1.82) is 5.41 Å². The number of amides is 2. The van der Waals surface area contributed by atoms with Gasteiger partial charge in [-0.15, -0.1) is 11.3 Å². The van der Waals surface area contributed by atoms with Crippen LogP contribution in [0.25, 0.3) is 10.7 Å². The Morgan fingerprint density at radius 1 is 1.08 bits per heavy atom. The van der Waals surface area contributed by atoms with Gasteiger partial charge in [0, 0.05) is 63.2 Å². The largest absolute Gasteiger partial charge is 0.475 e. The minimum Gasteiger partial charge on any atom is -0.475 e. The molecule has 4 aromatic heterocycles. The maximum Gasteiger partial charge on any atom is 0.236 e. The second-order valence-electron chi connectivity index (χ2n) is 12.8. The van der Waals surface area contributed by atoms with Crippen LogP contribution >= 0.6 is 11.3 Å². The first kappa shape index (κ1) is 34.1. The highest BCUT2D eigenvalue weighted by Crippen LogP contribution is 2.34. The number of rotatable bonds is 11. The third-order valence-corrected chi connectivity index (χ3v) is 10.1. The number of nitrogens with one attached hydrogen (secondary N) is 1. The van der Waals surface area contributed by atoms with Crippen molar-refractivity contribution in [3.63, 3.8) is 0 Å². The summed E-state index contributed by atoms with van der Waals surface area (Å²) in [6, 6.07) is 6.86. The van der Waals surface area contributed by atoms with Crippen LogP contribution in [0.1, 0.15) is 62.2 Å². The number of hydrogen-bond donors (Lipinski definition) is 2. The molecule has 1 atom stereocenters. The van der Waals surface area contributed by atoms with E-state index >= 15 is 0 Å². The molecule has 0 bridgehead atoms. The normalized spacial score (nSPS) is 17.1. The molecule has 2 amide bonds. The van der Waals surface area contributed by atoms with Crippen molar-refractivity contribution in [1.82, 2.24) is 39.5 Å². The zero-order chi connectivity index (χ0) is 34.7. The molecule has 14 nitrogen and oxygen atoms in total. The van der Waals surface area contributed by atoms with E-state index in [1.165, 1.54) is 0 Å². The predicted molar refractivity (Wildman–Crippen MR) is 188 cm³/mol. The van der Waals surface area contributed by atoms with E-state index in [4.69, 9.17) is 15.9 Å². The molecule has 0 radical (unpaired) electrons. The van der Waals surface area contributed by atoms with E-state index in [1.54, 1.807) is 57.7 Å².